The lowest BCUT2D eigenvalue weighted by Crippen LogP contribution is -2.47. The molecule has 2 amide bonds. The van der Waals surface area contributed by atoms with Crippen molar-refractivity contribution in [2.45, 2.75) is 88.9 Å². The number of hydrogen-bond donors (Lipinski definition) is 2. The highest BCUT2D eigenvalue weighted by Gasteiger charge is 2.45. The minimum Gasteiger partial charge on any atom is -0.381 e. The number of aromatic nitrogens is 6. The predicted molar refractivity (Wildman–Crippen MR) is 153 cm³/mol. The monoisotopic (exact) mass is 652 g/mol. The second-order valence-electron chi connectivity index (χ2n) is 12.5. The van der Waals surface area contributed by atoms with E-state index in [4.69, 9.17) is 19.8 Å². The van der Waals surface area contributed by atoms with Gasteiger partial charge in [-0.05, 0) is 51.0 Å². The Morgan fingerprint density at radius 1 is 1.17 bits per heavy atom. The van der Waals surface area contributed by atoms with E-state index in [9.17, 15) is 31.5 Å². The number of imidazole rings is 1. The van der Waals surface area contributed by atoms with E-state index in [0.717, 1.165) is 0 Å². The number of carbonyl (C=O) groups excluding carboxylic acids is 2. The number of hydrogen-bond acceptors (Lipinski definition) is 7. The van der Waals surface area contributed by atoms with Gasteiger partial charge in [-0.3, -0.25) is 14.3 Å². The number of alkyl halides is 5. The summed E-state index contributed by atoms with van der Waals surface area (Å²) >= 11 is 0. The highest BCUT2D eigenvalue weighted by atomic mass is 19.4. The molecule has 1 saturated carbocycles. The SMILES string of the molecule is CCn1nccc1C(=O)N[C@H](c1cn2nc(C[C@H]3C[C@H](C(F)(F)F)CNC3=O)c(C3CCOCC3)nc2n1)C1CCC(F)(F)CC1. The Morgan fingerprint density at radius 2 is 1.91 bits per heavy atom. The number of rotatable bonds is 8. The minimum atomic E-state index is -4.44. The molecule has 3 atom stereocenters. The molecule has 1 aliphatic carbocycles. The third-order valence-corrected chi connectivity index (χ3v) is 9.49. The molecule has 0 unspecified atom stereocenters. The summed E-state index contributed by atoms with van der Waals surface area (Å²) in [4.78, 5) is 35.6. The number of nitrogens with one attached hydrogen (secondary N) is 2. The van der Waals surface area contributed by atoms with Crippen molar-refractivity contribution in [1.82, 2.24) is 40.0 Å². The summed E-state index contributed by atoms with van der Waals surface area (Å²) < 4.78 is 77.4. The van der Waals surface area contributed by atoms with Crippen LogP contribution in [-0.2, 0) is 22.5 Å². The molecule has 250 valence electrons. The predicted octanol–water partition coefficient (Wildman–Crippen LogP) is 4.39. The van der Waals surface area contributed by atoms with Gasteiger partial charge in [-0.15, -0.1) is 0 Å². The number of amides is 2. The fourth-order valence-corrected chi connectivity index (χ4v) is 6.86. The van der Waals surface area contributed by atoms with Gasteiger partial charge >= 0.3 is 6.18 Å². The highest BCUT2D eigenvalue weighted by Crippen LogP contribution is 2.42. The van der Waals surface area contributed by atoms with Gasteiger partial charge in [0.25, 0.3) is 11.7 Å². The number of halogens is 5. The topological polar surface area (TPSA) is 128 Å². The molecule has 3 aromatic rings. The number of carbonyl (C=O) groups is 2. The largest absolute Gasteiger partial charge is 0.393 e. The molecule has 5 heterocycles. The van der Waals surface area contributed by atoms with Crippen molar-refractivity contribution < 1.29 is 36.3 Å². The van der Waals surface area contributed by atoms with Gasteiger partial charge in [0.1, 0.15) is 5.69 Å². The van der Waals surface area contributed by atoms with E-state index in [0.29, 0.717) is 55.4 Å². The summed E-state index contributed by atoms with van der Waals surface area (Å²) in [7, 11) is 0. The van der Waals surface area contributed by atoms with Gasteiger partial charge in [0.15, 0.2) is 0 Å². The van der Waals surface area contributed by atoms with Crippen molar-refractivity contribution in [3.05, 3.63) is 41.2 Å². The smallest absolute Gasteiger partial charge is 0.381 e. The van der Waals surface area contributed by atoms with Gasteiger partial charge in [-0.1, -0.05) is 0 Å². The molecular weight excluding hydrogens is 615 g/mol. The van der Waals surface area contributed by atoms with Crippen molar-refractivity contribution >= 4 is 17.6 Å². The first-order valence-corrected chi connectivity index (χ1v) is 15.8. The molecule has 11 nitrogen and oxygen atoms in total. The number of ether oxygens (including phenoxy) is 1. The summed E-state index contributed by atoms with van der Waals surface area (Å²) in [5, 5.41) is 14.3. The summed E-state index contributed by atoms with van der Waals surface area (Å²) in [6.45, 7) is 2.80. The lowest BCUT2D eigenvalue weighted by molar-refractivity contribution is -0.183. The Morgan fingerprint density at radius 3 is 2.61 bits per heavy atom. The fraction of sp³-hybridized carbons (Fsp3) is 0.667. The Balaban J connectivity index is 1.35. The fourth-order valence-electron chi connectivity index (χ4n) is 6.86. The van der Waals surface area contributed by atoms with Crippen molar-refractivity contribution in [2.24, 2.45) is 17.8 Å². The highest BCUT2D eigenvalue weighted by molar-refractivity contribution is 5.92. The maximum Gasteiger partial charge on any atom is 0.393 e. The average Bonchev–Trinajstić information content (AvgIpc) is 3.67. The van der Waals surface area contributed by atoms with Crippen molar-refractivity contribution in [3.63, 3.8) is 0 Å². The summed E-state index contributed by atoms with van der Waals surface area (Å²) in [5.74, 6) is -6.51. The Kier molecular flexibility index (Phi) is 9.00. The first kappa shape index (κ1) is 32.3. The van der Waals surface area contributed by atoms with Crippen LogP contribution < -0.4 is 10.6 Å². The third-order valence-electron chi connectivity index (χ3n) is 9.49. The molecular formula is C30H37F5N8O3. The molecule has 0 aromatic carbocycles. The average molecular weight is 653 g/mol. The zero-order valence-electron chi connectivity index (χ0n) is 25.4. The van der Waals surface area contributed by atoms with Gasteiger partial charge in [0.2, 0.25) is 11.8 Å². The van der Waals surface area contributed by atoms with Crippen LogP contribution in [0.1, 0.15) is 91.4 Å². The van der Waals surface area contributed by atoms with Gasteiger partial charge < -0.3 is 15.4 Å². The van der Waals surface area contributed by atoms with Crippen LogP contribution in [0.3, 0.4) is 0 Å². The molecule has 2 N–H and O–H groups in total. The molecule has 3 aliphatic rings. The zero-order chi connectivity index (χ0) is 32.6. The molecule has 46 heavy (non-hydrogen) atoms. The van der Waals surface area contributed by atoms with E-state index in [-0.39, 0.29) is 56.1 Å². The zero-order valence-corrected chi connectivity index (χ0v) is 25.4. The lowest BCUT2D eigenvalue weighted by Gasteiger charge is -2.33. The van der Waals surface area contributed by atoms with Crippen LogP contribution in [0.4, 0.5) is 22.0 Å². The van der Waals surface area contributed by atoms with Crippen molar-refractivity contribution in [2.75, 3.05) is 19.8 Å². The summed E-state index contributed by atoms with van der Waals surface area (Å²) in [6, 6.07) is 0.841. The first-order valence-electron chi connectivity index (χ1n) is 15.8. The minimum absolute atomic E-state index is 0.0412. The molecule has 6 rings (SSSR count). The van der Waals surface area contributed by atoms with Crippen LogP contribution in [0.2, 0.25) is 0 Å². The number of piperidine rings is 1. The van der Waals surface area contributed by atoms with Crippen LogP contribution >= 0.6 is 0 Å². The quantitative estimate of drug-likeness (QED) is 0.346. The summed E-state index contributed by atoms with van der Waals surface area (Å²) in [6.07, 6.45) is -0.827. The Bertz CT molecular complexity index is 1560. The number of fused-ring (bicyclic) bond motifs is 1. The van der Waals surface area contributed by atoms with E-state index >= 15 is 0 Å². The van der Waals surface area contributed by atoms with E-state index in [1.54, 1.807) is 12.3 Å². The third kappa shape index (κ3) is 6.86. The Hall–Kier alpha value is -3.69. The second kappa shape index (κ2) is 12.8. The standard InChI is InChI=1S/C30H37F5N8O3/c1-2-42-23(5-10-37-42)27(45)39-25(17-3-8-29(31,32)9-4-17)22-16-43-28(38-22)40-24(18-6-11-46-12-7-18)21(41-43)14-19-13-20(30(33,34)35)15-36-26(19)44/h5,10,16-20,25H,2-4,6-9,11-15H2,1H3,(H,36,44)(H,39,45)/t19-,20+,25+/m1/s1. The molecule has 2 saturated heterocycles. The lowest BCUT2D eigenvalue weighted by atomic mass is 9.81. The summed E-state index contributed by atoms with van der Waals surface area (Å²) in [5.41, 5.74) is 1.66. The van der Waals surface area contributed by atoms with Crippen LogP contribution in [0.5, 0.6) is 0 Å². The molecule has 0 bridgehead atoms. The molecule has 2 aliphatic heterocycles. The number of nitrogens with zero attached hydrogens (tertiary/aromatic N) is 6. The molecule has 0 spiro atoms. The van der Waals surface area contributed by atoms with Crippen LogP contribution in [-0.4, -0.2) is 73.0 Å². The normalized spacial score (nSPS) is 23.7. The van der Waals surface area contributed by atoms with Gasteiger partial charge in [0, 0.05) is 63.6 Å². The molecule has 3 fully saturated rings. The molecule has 3 aromatic heterocycles. The Labute approximate surface area is 261 Å². The van der Waals surface area contributed by atoms with E-state index < -0.39 is 48.3 Å². The van der Waals surface area contributed by atoms with Gasteiger partial charge in [0.05, 0.1) is 35.2 Å². The van der Waals surface area contributed by atoms with Crippen molar-refractivity contribution in [1.29, 1.82) is 0 Å². The van der Waals surface area contributed by atoms with Crippen LogP contribution in [0.25, 0.3) is 5.78 Å². The second-order valence-corrected chi connectivity index (χ2v) is 12.5. The maximum atomic E-state index is 14.1. The van der Waals surface area contributed by atoms with E-state index in [1.165, 1.54) is 15.4 Å². The maximum absolute atomic E-state index is 14.1. The molecule has 16 heteroatoms. The van der Waals surface area contributed by atoms with Crippen LogP contribution in [0.15, 0.2) is 18.5 Å². The number of aryl methyl sites for hydroxylation is 1. The first-order chi connectivity index (χ1) is 21.9. The van der Waals surface area contributed by atoms with E-state index in [1.807, 2.05) is 6.92 Å². The van der Waals surface area contributed by atoms with Gasteiger partial charge in [-0.25, -0.2) is 23.3 Å². The van der Waals surface area contributed by atoms with E-state index in [2.05, 4.69) is 15.7 Å². The van der Waals surface area contributed by atoms with Gasteiger partial charge in [-0.2, -0.15) is 23.4 Å². The van der Waals surface area contributed by atoms with Crippen LogP contribution in [0, 0.1) is 17.8 Å². The van der Waals surface area contributed by atoms with Crippen molar-refractivity contribution in [3.8, 4) is 0 Å². The molecule has 0 radical (unpaired) electrons.